The van der Waals surface area contributed by atoms with Crippen LogP contribution in [0.5, 0.6) is 0 Å². The van der Waals surface area contributed by atoms with Crippen LogP contribution in [0.15, 0.2) is 42.5 Å². The second kappa shape index (κ2) is 6.38. The van der Waals surface area contributed by atoms with Gasteiger partial charge in [0, 0.05) is 22.3 Å². The van der Waals surface area contributed by atoms with Crippen LogP contribution in [0.3, 0.4) is 0 Å². The van der Waals surface area contributed by atoms with Crippen molar-refractivity contribution in [3.05, 3.63) is 58.9 Å². The molecular formula is C17H14ClFN2O2. The maximum atomic E-state index is 13.7. The van der Waals surface area contributed by atoms with E-state index in [0.29, 0.717) is 11.4 Å². The summed E-state index contributed by atoms with van der Waals surface area (Å²) in [5.41, 5.74) is 1.09. The molecule has 0 unspecified atom stereocenters. The first-order valence-electron chi connectivity index (χ1n) is 7.20. The number of hydrogen-bond acceptors (Lipinski definition) is 2. The van der Waals surface area contributed by atoms with E-state index >= 15 is 0 Å². The molecule has 0 saturated heterocycles. The third kappa shape index (κ3) is 3.87. The van der Waals surface area contributed by atoms with Crippen LogP contribution in [-0.4, -0.2) is 11.8 Å². The summed E-state index contributed by atoms with van der Waals surface area (Å²) < 4.78 is 13.7. The fourth-order valence-corrected chi connectivity index (χ4v) is 2.26. The molecule has 0 heterocycles. The van der Waals surface area contributed by atoms with Crippen molar-refractivity contribution in [2.24, 2.45) is 5.92 Å². The highest BCUT2D eigenvalue weighted by Gasteiger charge is 2.29. The van der Waals surface area contributed by atoms with Crippen molar-refractivity contribution in [2.75, 3.05) is 10.6 Å². The molecule has 2 N–H and O–H groups in total. The van der Waals surface area contributed by atoms with Crippen LogP contribution in [0.4, 0.5) is 15.8 Å². The molecule has 1 saturated carbocycles. The van der Waals surface area contributed by atoms with Gasteiger partial charge in [0.25, 0.3) is 5.91 Å². The van der Waals surface area contributed by atoms with E-state index in [1.165, 1.54) is 12.1 Å². The molecule has 6 heteroatoms. The Morgan fingerprint density at radius 3 is 2.17 bits per heavy atom. The molecule has 1 aliphatic rings. The molecule has 0 atom stereocenters. The lowest BCUT2D eigenvalue weighted by molar-refractivity contribution is -0.117. The molecule has 0 bridgehead atoms. The van der Waals surface area contributed by atoms with Crippen molar-refractivity contribution in [1.82, 2.24) is 0 Å². The monoisotopic (exact) mass is 332 g/mol. The standard InChI is InChI=1S/C17H14ClFN2O2/c18-11-3-8-14(15(19)9-11)17(23)21-13-6-4-12(5-7-13)20-16(22)10-1-2-10/h3-10H,1-2H2,(H,20,22)(H,21,23). The number of nitrogens with one attached hydrogen (secondary N) is 2. The summed E-state index contributed by atoms with van der Waals surface area (Å²) >= 11 is 5.66. The summed E-state index contributed by atoms with van der Waals surface area (Å²) in [6, 6.07) is 10.5. The Morgan fingerprint density at radius 2 is 1.61 bits per heavy atom. The van der Waals surface area contributed by atoms with Crippen molar-refractivity contribution < 1.29 is 14.0 Å². The predicted octanol–water partition coefficient (Wildman–Crippen LogP) is 4.08. The second-order valence-corrected chi connectivity index (χ2v) is 5.86. The molecule has 0 aliphatic heterocycles. The fourth-order valence-electron chi connectivity index (χ4n) is 2.10. The lowest BCUT2D eigenvalue weighted by Crippen LogP contribution is -2.14. The Hall–Kier alpha value is -2.40. The van der Waals surface area contributed by atoms with Crippen molar-refractivity contribution in [1.29, 1.82) is 0 Å². The molecule has 1 fully saturated rings. The minimum atomic E-state index is -0.677. The van der Waals surface area contributed by atoms with Crippen molar-refractivity contribution in [3.63, 3.8) is 0 Å². The van der Waals surface area contributed by atoms with Gasteiger partial charge in [0.2, 0.25) is 5.91 Å². The summed E-state index contributed by atoms with van der Waals surface area (Å²) in [5, 5.41) is 5.64. The molecule has 0 aromatic heterocycles. The lowest BCUT2D eigenvalue weighted by atomic mass is 10.2. The first kappa shape index (κ1) is 15.5. The summed E-state index contributed by atoms with van der Waals surface area (Å²) in [6.07, 6.45) is 1.87. The van der Waals surface area contributed by atoms with Crippen molar-refractivity contribution >= 4 is 34.8 Å². The number of hydrogen-bond donors (Lipinski definition) is 2. The molecule has 4 nitrogen and oxygen atoms in total. The van der Waals surface area contributed by atoms with Gasteiger partial charge in [-0.2, -0.15) is 0 Å². The van der Waals surface area contributed by atoms with Gasteiger partial charge < -0.3 is 10.6 Å². The van der Waals surface area contributed by atoms with E-state index in [1.54, 1.807) is 24.3 Å². The first-order chi connectivity index (χ1) is 11.0. The number of anilines is 2. The molecule has 0 radical (unpaired) electrons. The molecule has 2 amide bonds. The van der Waals surface area contributed by atoms with E-state index < -0.39 is 11.7 Å². The highest BCUT2D eigenvalue weighted by Crippen LogP contribution is 2.30. The average molecular weight is 333 g/mol. The predicted molar refractivity (Wildman–Crippen MR) is 87.2 cm³/mol. The Balaban J connectivity index is 1.65. The summed E-state index contributed by atoms with van der Waals surface area (Å²) in [5.74, 6) is -1.09. The quantitative estimate of drug-likeness (QED) is 0.886. The molecule has 2 aromatic rings. The second-order valence-electron chi connectivity index (χ2n) is 5.42. The van der Waals surface area contributed by atoms with Gasteiger partial charge in [-0.1, -0.05) is 11.6 Å². The van der Waals surface area contributed by atoms with Gasteiger partial charge >= 0.3 is 0 Å². The fraction of sp³-hybridized carbons (Fsp3) is 0.176. The highest BCUT2D eigenvalue weighted by atomic mass is 35.5. The van der Waals surface area contributed by atoms with Gasteiger partial charge in [-0.3, -0.25) is 9.59 Å². The first-order valence-corrected chi connectivity index (χ1v) is 7.58. The van der Waals surface area contributed by atoms with Crippen LogP contribution in [0.25, 0.3) is 0 Å². The Kier molecular flexibility index (Phi) is 4.30. The van der Waals surface area contributed by atoms with Gasteiger partial charge in [0.05, 0.1) is 5.56 Å². The summed E-state index contributed by atoms with van der Waals surface area (Å²) in [4.78, 5) is 23.7. The molecule has 2 aromatic carbocycles. The zero-order chi connectivity index (χ0) is 16.4. The van der Waals surface area contributed by atoms with Gasteiger partial charge in [0.1, 0.15) is 5.82 Å². The molecule has 0 spiro atoms. The van der Waals surface area contributed by atoms with Crippen molar-refractivity contribution in [2.45, 2.75) is 12.8 Å². The number of carbonyl (C=O) groups excluding carboxylic acids is 2. The Bertz CT molecular complexity index is 758. The number of benzene rings is 2. The molecule has 1 aliphatic carbocycles. The van der Waals surface area contributed by atoms with Crippen LogP contribution < -0.4 is 10.6 Å². The summed E-state index contributed by atoms with van der Waals surface area (Å²) in [6.45, 7) is 0. The van der Waals surface area contributed by atoms with Gasteiger partial charge in [-0.05, 0) is 55.3 Å². The third-order valence-corrected chi connectivity index (χ3v) is 3.77. The van der Waals surface area contributed by atoms with Gasteiger partial charge in [-0.25, -0.2) is 4.39 Å². The lowest BCUT2D eigenvalue weighted by Gasteiger charge is -2.08. The van der Waals surface area contributed by atoms with E-state index in [9.17, 15) is 14.0 Å². The normalized spacial score (nSPS) is 13.5. The number of halogens is 2. The van der Waals surface area contributed by atoms with Crippen LogP contribution >= 0.6 is 11.6 Å². The van der Waals surface area contributed by atoms with E-state index in [0.717, 1.165) is 18.9 Å². The topological polar surface area (TPSA) is 58.2 Å². The zero-order valence-electron chi connectivity index (χ0n) is 12.1. The largest absolute Gasteiger partial charge is 0.326 e. The molecule has 3 rings (SSSR count). The van der Waals surface area contributed by atoms with E-state index in [1.807, 2.05) is 0 Å². The highest BCUT2D eigenvalue weighted by molar-refractivity contribution is 6.30. The molecule has 118 valence electrons. The minimum Gasteiger partial charge on any atom is -0.326 e. The smallest absolute Gasteiger partial charge is 0.258 e. The third-order valence-electron chi connectivity index (χ3n) is 3.53. The molecule has 23 heavy (non-hydrogen) atoms. The maximum absolute atomic E-state index is 13.7. The van der Waals surface area contributed by atoms with E-state index in [4.69, 9.17) is 11.6 Å². The number of carbonyl (C=O) groups is 2. The molecular weight excluding hydrogens is 319 g/mol. The van der Waals surface area contributed by atoms with Crippen LogP contribution in [0, 0.1) is 11.7 Å². The van der Waals surface area contributed by atoms with E-state index in [-0.39, 0.29) is 22.4 Å². The van der Waals surface area contributed by atoms with E-state index in [2.05, 4.69) is 10.6 Å². The Morgan fingerprint density at radius 1 is 1.00 bits per heavy atom. The van der Waals surface area contributed by atoms with Gasteiger partial charge in [-0.15, -0.1) is 0 Å². The SMILES string of the molecule is O=C(Nc1ccc(NC(=O)C2CC2)cc1)c1ccc(Cl)cc1F. The minimum absolute atomic E-state index is 0.0185. The maximum Gasteiger partial charge on any atom is 0.258 e. The van der Waals surface area contributed by atoms with Crippen LogP contribution in [0.2, 0.25) is 5.02 Å². The van der Waals surface area contributed by atoms with Gasteiger partial charge in [0.15, 0.2) is 0 Å². The van der Waals surface area contributed by atoms with Crippen LogP contribution in [0.1, 0.15) is 23.2 Å². The number of amides is 2. The zero-order valence-corrected chi connectivity index (χ0v) is 12.9. The Labute approximate surface area is 137 Å². The van der Waals surface area contributed by atoms with Crippen molar-refractivity contribution in [3.8, 4) is 0 Å². The number of rotatable bonds is 4. The summed E-state index contributed by atoms with van der Waals surface area (Å²) in [7, 11) is 0. The van der Waals surface area contributed by atoms with Crippen LogP contribution in [-0.2, 0) is 4.79 Å². The average Bonchev–Trinajstić information content (AvgIpc) is 3.33.